The summed E-state index contributed by atoms with van der Waals surface area (Å²) in [5.74, 6) is 1.52. The molecule has 0 bridgehead atoms. The summed E-state index contributed by atoms with van der Waals surface area (Å²) in [4.78, 5) is 20.5. The monoisotopic (exact) mass is 618 g/mol. The molecule has 10 heteroatoms. The van der Waals surface area contributed by atoms with E-state index in [9.17, 15) is 15.0 Å². The number of ether oxygens (including phenoxy) is 1. The summed E-state index contributed by atoms with van der Waals surface area (Å²) in [5.41, 5.74) is 4.01. The molecule has 1 aliphatic carbocycles. The zero-order valence-electron chi connectivity index (χ0n) is 24.6. The molecule has 0 radical (unpaired) electrons. The number of amides is 1. The Labute approximate surface area is 261 Å². The number of fused-ring (bicyclic) bond motifs is 1. The SMILES string of the molecule is CC(O)(c1cc(F)c2c(c1)C(=O)N(Cc1ccc(C#CN)cn1)[C@@]2(OCC1(CO)CC1)c1ccc(Cl)cc1)C1CCNCC1. The van der Waals surface area contributed by atoms with Gasteiger partial charge in [0.25, 0.3) is 5.91 Å². The first kappa shape index (κ1) is 30.5. The quantitative estimate of drug-likeness (QED) is 0.211. The summed E-state index contributed by atoms with van der Waals surface area (Å²) in [6.07, 6.45) is 4.53. The minimum absolute atomic E-state index is 0.0158. The minimum atomic E-state index is -1.69. The molecule has 44 heavy (non-hydrogen) atoms. The van der Waals surface area contributed by atoms with Gasteiger partial charge in [0.1, 0.15) is 5.82 Å². The Kier molecular flexibility index (Phi) is 8.16. The number of piperidine rings is 1. The molecule has 230 valence electrons. The van der Waals surface area contributed by atoms with Crippen molar-refractivity contribution in [3.63, 3.8) is 0 Å². The van der Waals surface area contributed by atoms with Gasteiger partial charge >= 0.3 is 0 Å². The van der Waals surface area contributed by atoms with Crippen molar-refractivity contribution in [1.82, 2.24) is 15.2 Å². The van der Waals surface area contributed by atoms with Gasteiger partial charge in [-0.2, -0.15) is 0 Å². The molecule has 2 atom stereocenters. The predicted octanol–water partition coefficient (Wildman–Crippen LogP) is 4.00. The molecule has 2 aliphatic heterocycles. The Morgan fingerprint density at radius 2 is 1.93 bits per heavy atom. The van der Waals surface area contributed by atoms with E-state index in [-0.39, 0.29) is 36.8 Å². The molecule has 3 heterocycles. The second-order valence-corrected chi connectivity index (χ2v) is 12.8. The summed E-state index contributed by atoms with van der Waals surface area (Å²) >= 11 is 6.27. The fourth-order valence-corrected chi connectivity index (χ4v) is 6.59. The lowest BCUT2D eigenvalue weighted by Crippen LogP contribution is -2.48. The number of aliphatic hydroxyl groups is 2. The first-order valence-electron chi connectivity index (χ1n) is 14.9. The van der Waals surface area contributed by atoms with Crippen LogP contribution in [0, 0.1) is 29.1 Å². The third-order valence-corrected chi connectivity index (χ3v) is 9.73. The fourth-order valence-electron chi connectivity index (χ4n) is 6.47. The number of benzene rings is 2. The highest BCUT2D eigenvalue weighted by molar-refractivity contribution is 6.30. The van der Waals surface area contributed by atoms with Gasteiger partial charge in [-0.1, -0.05) is 23.7 Å². The van der Waals surface area contributed by atoms with Crippen LogP contribution in [-0.4, -0.2) is 52.3 Å². The maximum absolute atomic E-state index is 16.7. The van der Waals surface area contributed by atoms with E-state index < -0.39 is 28.5 Å². The molecular formula is C34H36ClFN4O4. The molecule has 1 aromatic heterocycles. The number of hydrogen-bond acceptors (Lipinski definition) is 7. The number of nitrogens with one attached hydrogen (secondary N) is 1. The van der Waals surface area contributed by atoms with Crippen LogP contribution in [0.5, 0.6) is 0 Å². The van der Waals surface area contributed by atoms with Crippen LogP contribution in [0.4, 0.5) is 4.39 Å². The molecule has 1 amide bonds. The van der Waals surface area contributed by atoms with Crippen LogP contribution >= 0.6 is 11.6 Å². The van der Waals surface area contributed by atoms with E-state index in [0.717, 1.165) is 38.8 Å². The summed E-state index contributed by atoms with van der Waals surface area (Å²) in [5, 5.41) is 25.6. The molecule has 6 rings (SSSR count). The molecule has 2 fully saturated rings. The van der Waals surface area contributed by atoms with Crippen molar-refractivity contribution >= 4 is 17.5 Å². The van der Waals surface area contributed by atoms with Crippen molar-refractivity contribution in [2.24, 2.45) is 17.1 Å². The van der Waals surface area contributed by atoms with Crippen molar-refractivity contribution in [3.8, 4) is 12.0 Å². The minimum Gasteiger partial charge on any atom is -0.396 e. The second-order valence-electron chi connectivity index (χ2n) is 12.3. The van der Waals surface area contributed by atoms with E-state index in [1.807, 2.05) is 0 Å². The lowest BCUT2D eigenvalue weighted by Gasteiger charge is -2.40. The maximum Gasteiger partial charge on any atom is 0.257 e. The summed E-state index contributed by atoms with van der Waals surface area (Å²) in [6.45, 7) is 3.20. The van der Waals surface area contributed by atoms with Crippen LogP contribution in [0.2, 0.25) is 5.02 Å². The Bertz CT molecular complexity index is 1610. The third-order valence-electron chi connectivity index (χ3n) is 9.48. The first-order valence-corrected chi connectivity index (χ1v) is 15.3. The molecule has 2 aromatic carbocycles. The summed E-state index contributed by atoms with van der Waals surface area (Å²) < 4.78 is 23.5. The van der Waals surface area contributed by atoms with Gasteiger partial charge in [-0.3, -0.25) is 14.7 Å². The highest BCUT2D eigenvalue weighted by Gasteiger charge is 2.57. The highest BCUT2D eigenvalue weighted by atomic mass is 35.5. The molecule has 5 N–H and O–H groups in total. The molecule has 1 saturated heterocycles. The maximum atomic E-state index is 16.7. The average molecular weight is 619 g/mol. The van der Waals surface area contributed by atoms with E-state index in [4.69, 9.17) is 22.1 Å². The van der Waals surface area contributed by atoms with Gasteiger partial charge in [0.15, 0.2) is 5.72 Å². The van der Waals surface area contributed by atoms with E-state index in [0.29, 0.717) is 27.4 Å². The summed E-state index contributed by atoms with van der Waals surface area (Å²) in [7, 11) is 0. The smallest absolute Gasteiger partial charge is 0.257 e. The van der Waals surface area contributed by atoms with Crippen molar-refractivity contribution in [3.05, 3.63) is 99.1 Å². The van der Waals surface area contributed by atoms with Crippen LogP contribution in [0.15, 0.2) is 54.7 Å². The van der Waals surface area contributed by atoms with Crippen molar-refractivity contribution in [2.75, 3.05) is 26.3 Å². The zero-order chi connectivity index (χ0) is 31.1. The number of halogens is 2. The average Bonchev–Trinajstić information content (AvgIpc) is 3.78. The van der Waals surface area contributed by atoms with Crippen molar-refractivity contribution in [2.45, 2.75) is 50.5 Å². The predicted molar refractivity (Wildman–Crippen MR) is 164 cm³/mol. The van der Waals surface area contributed by atoms with Crippen molar-refractivity contribution < 1.29 is 24.1 Å². The summed E-state index contributed by atoms with van der Waals surface area (Å²) in [6, 6.07) is 15.6. The number of carbonyl (C=O) groups excluding carboxylic acids is 1. The molecule has 1 unspecified atom stereocenters. The Morgan fingerprint density at radius 1 is 1.20 bits per heavy atom. The Hall–Kier alpha value is -3.52. The lowest BCUT2D eigenvalue weighted by molar-refractivity contribution is -0.130. The Balaban J connectivity index is 1.52. The molecule has 3 aromatic rings. The normalized spacial score (nSPS) is 22.2. The lowest BCUT2D eigenvalue weighted by atomic mass is 9.76. The first-order chi connectivity index (χ1) is 21.1. The topological polar surface area (TPSA) is 121 Å². The number of carbonyl (C=O) groups is 1. The van der Waals surface area contributed by atoms with Gasteiger partial charge in [-0.05, 0) is 99.5 Å². The van der Waals surface area contributed by atoms with Gasteiger partial charge in [0.05, 0.1) is 42.2 Å². The van der Waals surface area contributed by atoms with E-state index in [1.54, 1.807) is 55.6 Å². The number of pyridine rings is 1. The van der Waals surface area contributed by atoms with Gasteiger partial charge in [-0.15, -0.1) is 0 Å². The third kappa shape index (κ3) is 5.35. The standard InChI is InChI=1S/C34H36ClFN4O4/c1-32(43,23-9-14-38-15-10-23)25-16-28-30(29(36)17-25)34(24-3-5-26(35)6-4-24,44-21-33(20-41)11-12-33)40(31(28)42)19-27-7-2-22(8-13-37)18-39-27/h2-7,16-18,23,38,41,43H,9-12,14-15,19-21,37H2,1H3/t32?,34-/m1/s1. The Morgan fingerprint density at radius 3 is 2.55 bits per heavy atom. The largest absolute Gasteiger partial charge is 0.396 e. The number of rotatable bonds is 9. The van der Waals surface area contributed by atoms with Gasteiger partial charge in [0.2, 0.25) is 0 Å². The number of hydrogen-bond donors (Lipinski definition) is 4. The van der Waals surface area contributed by atoms with E-state index in [2.05, 4.69) is 22.3 Å². The second kappa shape index (κ2) is 11.8. The number of aliphatic hydroxyl groups excluding tert-OH is 1. The molecule has 8 nitrogen and oxygen atoms in total. The van der Waals surface area contributed by atoms with Gasteiger partial charge in [-0.25, -0.2) is 4.39 Å². The number of aromatic nitrogens is 1. The van der Waals surface area contributed by atoms with Crippen LogP contribution in [-0.2, 0) is 22.6 Å². The zero-order valence-corrected chi connectivity index (χ0v) is 25.3. The van der Waals surface area contributed by atoms with E-state index >= 15 is 4.39 Å². The fraction of sp³-hybridized carbons (Fsp3) is 0.412. The number of nitrogens with zero attached hydrogens (tertiary/aromatic N) is 2. The molecule has 1 saturated carbocycles. The van der Waals surface area contributed by atoms with Crippen LogP contribution in [0.1, 0.15) is 70.9 Å². The molecular weight excluding hydrogens is 583 g/mol. The highest BCUT2D eigenvalue weighted by Crippen LogP contribution is 2.52. The molecule has 0 spiro atoms. The molecule has 3 aliphatic rings. The van der Waals surface area contributed by atoms with E-state index in [1.165, 1.54) is 11.0 Å². The van der Waals surface area contributed by atoms with Gasteiger partial charge in [0, 0.05) is 33.8 Å². The van der Waals surface area contributed by atoms with Crippen LogP contribution in [0.3, 0.4) is 0 Å². The van der Waals surface area contributed by atoms with Crippen LogP contribution in [0.25, 0.3) is 0 Å². The number of nitrogens with two attached hydrogens (primary N) is 1. The van der Waals surface area contributed by atoms with Crippen molar-refractivity contribution in [1.29, 1.82) is 0 Å². The van der Waals surface area contributed by atoms with Crippen LogP contribution < -0.4 is 11.1 Å². The van der Waals surface area contributed by atoms with Gasteiger partial charge < -0.3 is 26.0 Å².